The van der Waals surface area contributed by atoms with E-state index in [0.29, 0.717) is 22.7 Å². The third-order valence-electron chi connectivity index (χ3n) is 6.86. The number of anilines is 3. The molecule has 0 spiro atoms. The molecule has 0 bridgehead atoms. The Morgan fingerprint density at radius 1 is 1.24 bits per heavy atom. The molecule has 10 heteroatoms. The molecule has 3 aromatic heterocycles. The Bertz CT molecular complexity index is 1250. The second kappa shape index (κ2) is 8.17. The van der Waals surface area contributed by atoms with Gasteiger partial charge in [0.2, 0.25) is 5.95 Å². The fourth-order valence-electron chi connectivity index (χ4n) is 4.57. The molecule has 0 aliphatic heterocycles. The average molecular weight is 452 g/mol. The predicted molar refractivity (Wildman–Crippen MR) is 125 cm³/mol. The summed E-state index contributed by atoms with van der Waals surface area (Å²) in [7, 11) is 1.72. The molecular weight excluding hydrogens is 422 g/mol. The molecule has 0 atom stereocenters. The minimum Gasteiger partial charge on any atom is -0.481 e. The zero-order valence-electron chi connectivity index (χ0n) is 18.9. The summed E-state index contributed by atoms with van der Waals surface area (Å²) < 4.78 is 3.48. The summed E-state index contributed by atoms with van der Waals surface area (Å²) in [6.07, 6.45) is 11.4. The molecule has 3 aromatic rings. The fourth-order valence-corrected chi connectivity index (χ4v) is 4.57. The zero-order valence-corrected chi connectivity index (χ0v) is 18.9. The Morgan fingerprint density at radius 2 is 2.00 bits per heavy atom. The van der Waals surface area contributed by atoms with Gasteiger partial charge in [-0.3, -0.25) is 14.3 Å². The van der Waals surface area contributed by atoms with Gasteiger partial charge < -0.3 is 20.3 Å². The maximum atomic E-state index is 12.8. The number of hydrogen-bond acceptors (Lipinski definition) is 7. The first kappa shape index (κ1) is 21.4. The van der Waals surface area contributed by atoms with Crippen molar-refractivity contribution in [3.05, 3.63) is 35.0 Å². The van der Waals surface area contributed by atoms with Crippen LogP contribution >= 0.6 is 0 Å². The highest BCUT2D eigenvalue weighted by atomic mass is 16.4. The number of aryl methyl sites for hydroxylation is 1. The summed E-state index contributed by atoms with van der Waals surface area (Å²) in [4.78, 5) is 32.9. The summed E-state index contributed by atoms with van der Waals surface area (Å²) in [5.74, 6) is 0.492. The lowest BCUT2D eigenvalue weighted by molar-refractivity contribution is -0.138. The van der Waals surface area contributed by atoms with E-state index in [1.54, 1.807) is 19.4 Å². The van der Waals surface area contributed by atoms with Crippen molar-refractivity contribution in [2.24, 2.45) is 13.0 Å². The van der Waals surface area contributed by atoms with Gasteiger partial charge in [0.1, 0.15) is 11.2 Å². The van der Waals surface area contributed by atoms with E-state index in [-0.39, 0.29) is 29.5 Å². The first-order chi connectivity index (χ1) is 15.8. The van der Waals surface area contributed by atoms with Crippen LogP contribution in [-0.2, 0) is 11.8 Å². The largest absolute Gasteiger partial charge is 0.481 e. The van der Waals surface area contributed by atoms with Crippen molar-refractivity contribution in [3.63, 3.8) is 0 Å². The van der Waals surface area contributed by atoms with Gasteiger partial charge in [0.15, 0.2) is 0 Å². The van der Waals surface area contributed by atoms with Crippen LogP contribution in [0.25, 0.3) is 10.9 Å². The zero-order chi connectivity index (χ0) is 23.2. The van der Waals surface area contributed by atoms with Gasteiger partial charge in [0, 0.05) is 31.4 Å². The van der Waals surface area contributed by atoms with E-state index in [1.165, 1.54) is 4.57 Å². The molecule has 2 aliphatic rings. The monoisotopic (exact) mass is 451 g/mol. The Balaban J connectivity index is 1.36. The number of nitrogens with one attached hydrogen (secondary N) is 2. The van der Waals surface area contributed by atoms with Crippen LogP contribution < -0.4 is 16.2 Å². The second-order valence-corrected chi connectivity index (χ2v) is 9.68. The Morgan fingerprint density at radius 3 is 2.70 bits per heavy atom. The standard InChI is InChI=1S/C23H29N7O3/c1-23(8-9-23)28-20-19-17(7-10-29(2)21(19)33)26-22(27-20)25-15-12-24-30(13-15)16-5-3-14(4-6-16)11-18(31)32/h7,10,12-14,16H,3-6,8-9,11H2,1-2H3,(H,31,32)(H2,25,26,27,28). The van der Waals surface area contributed by atoms with Crippen molar-refractivity contribution in [2.45, 2.75) is 63.5 Å². The molecule has 2 fully saturated rings. The molecule has 0 aromatic carbocycles. The van der Waals surface area contributed by atoms with E-state index in [9.17, 15) is 9.59 Å². The van der Waals surface area contributed by atoms with Crippen molar-refractivity contribution in [1.82, 2.24) is 24.3 Å². The van der Waals surface area contributed by atoms with E-state index in [0.717, 1.165) is 44.2 Å². The van der Waals surface area contributed by atoms with Crippen LogP contribution in [0.2, 0.25) is 0 Å². The summed E-state index contributed by atoms with van der Waals surface area (Å²) >= 11 is 0. The van der Waals surface area contributed by atoms with Crippen molar-refractivity contribution < 1.29 is 9.90 Å². The highest BCUT2D eigenvalue weighted by Crippen LogP contribution is 2.39. The minimum atomic E-state index is -0.721. The summed E-state index contributed by atoms with van der Waals surface area (Å²) in [5, 5.41) is 20.7. The van der Waals surface area contributed by atoms with E-state index in [2.05, 4.69) is 32.6 Å². The highest BCUT2D eigenvalue weighted by Gasteiger charge is 2.38. The van der Waals surface area contributed by atoms with Crippen LogP contribution in [0.1, 0.15) is 57.9 Å². The number of rotatable bonds is 7. The first-order valence-corrected chi connectivity index (χ1v) is 11.5. The molecule has 2 saturated carbocycles. The normalized spacial score (nSPS) is 21.6. The van der Waals surface area contributed by atoms with Crippen LogP contribution in [0, 0.1) is 5.92 Å². The van der Waals surface area contributed by atoms with E-state index >= 15 is 0 Å². The molecule has 3 heterocycles. The van der Waals surface area contributed by atoms with Crippen LogP contribution in [0.5, 0.6) is 0 Å². The maximum Gasteiger partial charge on any atom is 0.303 e. The predicted octanol–water partition coefficient (Wildman–Crippen LogP) is 3.44. The smallest absolute Gasteiger partial charge is 0.303 e. The average Bonchev–Trinajstić information content (AvgIpc) is 3.31. The topological polar surface area (TPSA) is 127 Å². The van der Waals surface area contributed by atoms with Gasteiger partial charge in [0.25, 0.3) is 5.56 Å². The molecule has 0 amide bonds. The lowest BCUT2D eigenvalue weighted by atomic mass is 9.84. The van der Waals surface area contributed by atoms with Crippen LogP contribution in [0.15, 0.2) is 29.5 Å². The number of aliphatic carboxylic acids is 1. The molecule has 33 heavy (non-hydrogen) atoms. The van der Waals surface area contributed by atoms with E-state index < -0.39 is 5.97 Å². The third kappa shape index (κ3) is 4.55. The molecule has 0 saturated heterocycles. The molecule has 5 rings (SSSR count). The highest BCUT2D eigenvalue weighted by molar-refractivity contribution is 5.89. The quantitative estimate of drug-likeness (QED) is 0.499. The molecular formula is C23H29N7O3. The van der Waals surface area contributed by atoms with Gasteiger partial charge in [-0.1, -0.05) is 0 Å². The SMILES string of the molecule is Cn1ccc2nc(Nc3cnn(C4CCC(CC(=O)O)CC4)c3)nc(NC3(C)CC3)c2c1=O. The summed E-state index contributed by atoms with van der Waals surface area (Å²) in [6, 6.07) is 2.08. The number of aromatic nitrogens is 5. The fraction of sp³-hybridized carbons (Fsp3) is 0.522. The number of carboxylic acid groups (broad SMARTS) is 1. The number of fused-ring (bicyclic) bond motifs is 1. The van der Waals surface area contributed by atoms with E-state index in [1.807, 2.05) is 16.9 Å². The van der Waals surface area contributed by atoms with Gasteiger partial charge in [-0.25, -0.2) is 4.98 Å². The van der Waals surface area contributed by atoms with Gasteiger partial charge in [-0.05, 0) is 57.4 Å². The number of pyridine rings is 1. The Hall–Kier alpha value is -3.43. The van der Waals surface area contributed by atoms with Crippen LogP contribution in [0.3, 0.4) is 0 Å². The van der Waals surface area contributed by atoms with E-state index in [4.69, 9.17) is 5.11 Å². The molecule has 3 N–H and O–H groups in total. The first-order valence-electron chi connectivity index (χ1n) is 11.5. The van der Waals surface area contributed by atoms with Gasteiger partial charge in [-0.15, -0.1) is 0 Å². The Kier molecular flexibility index (Phi) is 5.30. The summed E-state index contributed by atoms with van der Waals surface area (Å²) in [5.41, 5.74) is 1.20. The molecule has 174 valence electrons. The molecule has 0 radical (unpaired) electrons. The number of nitrogens with zero attached hydrogens (tertiary/aromatic N) is 5. The van der Waals surface area contributed by atoms with Crippen LogP contribution in [0.4, 0.5) is 17.5 Å². The van der Waals surface area contributed by atoms with Crippen molar-refractivity contribution in [3.8, 4) is 0 Å². The van der Waals surface area contributed by atoms with Crippen molar-refractivity contribution >= 4 is 34.3 Å². The van der Waals surface area contributed by atoms with Crippen molar-refractivity contribution in [1.29, 1.82) is 0 Å². The lowest BCUT2D eigenvalue weighted by Crippen LogP contribution is -2.23. The van der Waals surface area contributed by atoms with Gasteiger partial charge in [0.05, 0.1) is 23.4 Å². The van der Waals surface area contributed by atoms with Crippen molar-refractivity contribution in [2.75, 3.05) is 10.6 Å². The second-order valence-electron chi connectivity index (χ2n) is 9.68. The maximum absolute atomic E-state index is 12.8. The molecule has 0 unspecified atom stereocenters. The molecule has 10 nitrogen and oxygen atoms in total. The lowest BCUT2D eigenvalue weighted by Gasteiger charge is -2.27. The molecule has 2 aliphatic carbocycles. The van der Waals surface area contributed by atoms with Gasteiger partial charge >= 0.3 is 5.97 Å². The minimum absolute atomic E-state index is 0.0379. The number of carboxylic acids is 1. The third-order valence-corrected chi connectivity index (χ3v) is 6.86. The summed E-state index contributed by atoms with van der Waals surface area (Å²) in [6.45, 7) is 2.12. The van der Waals surface area contributed by atoms with Gasteiger partial charge in [-0.2, -0.15) is 10.1 Å². The number of hydrogen-bond donors (Lipinski definition) is 3. The Labute approximate surface area is 191 Å². The van der Waals surface area contributed by atoms with Crippen LogP contribution in [-0.4, -0.2) is 40.9 Å². The number of carbonyl (C=O) groups is 1.